The predicted octanol–water partition coefficient (Wildman–Crippen LogP) is 6.00. The number of benzene rings is 2. The van der Waals surface area contributed by atoms with Crippen molar-refractivity contribution in [2.75, 3.05) is 13.6 Å². The zero-order valence-corrected chi connectivity index (χ0v) is 16.9. The van der Waals surface area contributed by atoms with Gasteiger partial charge in [-0.05, 0) is 49.2 Å². The summed E-state index contributed by atoms with van der Waals surface area (Å²) in [6.45, 7) is 3.00. The van der Waals surface area contributed by atoms with Gasteiger partial charge in [0.15, 0.2) is 0 Å². The minimum absolute atomic E-state index is 0.00252. The summed E-state index contributed by atoms with van der Waals surface area (Å²) in [5.41, 5.74) is -3.12. The summed E-state index contributed by atoms with van der Waals surface area (Å²) >= 11 is 0. The van der Waals surface area contributed by atoms with E-state index >= 15 is 0 Å². The van der Waals surface area contributed by atoms with E-state index in [4.69, 9.17) is 4.74 Å². The average Bonchev–Trinajstić information content (AvgIpc) is 2.69. The van der Waals surface area contributed by atoms with Crippen molar-refractivity contribution in [2.45, 2.75) is 32.8 Å². The molecule has 0 atom stereocenters. The van der Waals surface area contributed by atoms with Crippen molar-refractivity contribution in [2.24, 2.45) is 4.99 Å². The van der Waals surface area contributed by atoms with Crippen LogP contribution >= 0.6 is 0 Å². The third kappa shape index (κ3) is 6.22. The van der Waals surface area contributed by atoms with Crippen LogP contribution in [0.25, 0.3) is 0 Å². The first kappa shape index (κ1) is 24.2. The summed E-state index contributed by atoms with van der Waals surface area (Å²) in [4.78, 5) is 18.0. The predicted molar refractivity (Wildman–Crippen MR) is 103 cm³/mol. The van der Waals surface area contributed by atoms with Gasteiger partial charge in [-0.15, -0.1) is 0 Å². The summed E-state index contributed by atoms with van der Waals surface area (Å²) in [5, 5.41) is 0. The van der Waals surface area contributed by atoms with E-state index in [2.05, 4.69) is 4.99 Å². The molecule has 2 aromatic rings. The van der Waals surface area contributed by atoms with Crippen LogP contribution in [-0.4, -0.2) is 30.8 Å². The molecule has 0 spiro atoms. The molecule has 0 fully saturated rings. The number of aliphatic imine (C=N–C) groups is 1. The van der Waals surface area contributed by atoms with Crippen LogP contribution < -0.4 is 0 Å². The largest absolute Gasteiger partial charge is 0.457 e. The first-order valence-corrected chi connectivity index (χ1v) is 9.13. The summed E-state index contributed by atoms with van der Waals surface area (Å²) in [5.74, 6) is -1.30. The second kappa shape index (κ2) is 9.40. The van der Waals surface area contributed by atoms with Gasteiger partial charge in [0.25, 0.3) is 0 Å². The molecular formula is C21H20F6N2O2. The second-order valence-electron chi connectivity index (χ2n) is 6.72. The third-order valence-corrected chi connectivity index (χ3v) is 4.46. The van der Waals surface area contributed by atoms with Gasteiger partial charge >= 0.3 is 18.3 Å². The minimum Gasteiger partial charge on any atom is -0.457 e. The number of hydrogen-bond donors (Lipinski definition) is 0. The van der Waals surface area contributed by atoms with Crippen molar-refractivity contribution in [1.82, 2.24) is 4.90 Å². The fourth-order valence-corrected chi connectivity index (χ4v) is 2.68. The highest BCUT2D eigenvalue weighted by molar-refractivity contribution is 5.92. The Morgan fingerprint density at radius 2 is 1.77 bits per heavy atom. The Labute approximate surface area is 175 Å². The molecule has 0 amide bonds. The van der Waals surface area contributed by atoms with Crippen molar-refractivity contribution < 1.29 is 35.9 Å². The Kier molecular flexibility index (Phi) is 7.35. The molecule has 0 saturated carbocycles. The lowest BCUT2D eigenvalue weighted by Gasteiger charge is -2.17. The number of hydrogen-bond acceptors (Lipinski definition) is 3. The summed E-state index contributed by atoms with van der Waals surface area (Å²) in [6.07, 6.45) is -8.09. The van der Waals surface area contributed by atoms with E-state index in [1.165, 1.54) is 25.4 Å². The molecule has 31 heavy (non-hydrogen) atoms. The third-order valence-electron chi connectivity index (χ3n) is 4.46. The molecule has 0 heterocycles. The lowest BCUT2D eigenvalue weighted by atomic mass is 9.99. The van der Waals surface area contributed by atoms with E-state index < -0.39 is 41.6 Å². The molecule has 0 saturated heterocycles. The highest BCUT2D eigenvalue weighted by Crippen LogP contribution is 2.38. The highest BCUT2D eigenvalue weighted by Gasteiger charge is 2.38. The molecule has 0 aliphatic rings. The smallest absolute Gasteiger partial charge is 0.417 e. The zero-order chi connectivity index (χ0) is 23.4. The number of esters is 1. The summed E-state index contributed by atoms with van der Waals surface area (Å²) in [6, 6.07) is 6.21. The molecule has 2 aromatic carbocycles. The summed E-state index contributed by atoms with van der Waals surface area (Å²) < 4.78 is 84.2. The molecule has 0 aliphatic carbocycles. The topological polar surface area (TPSA) is 41.9 Å². The van der Waals surface area contributed by atoms with E-state index in [9.17, 15) is 31.1 Å². The molecule has 0 N–H and O–H groups in total. The first-order chi connectivity index (χ1) is 14.3. The second-order valence-corrected chi connectivity index (χ2v) is 6.72. The van der Waals surface area contributed by atoms with Crippen molar-refractivity contribution in [3.8, 4) is 0 Å². The van der Waals surface area contributed by atoms with Crippen LogP contribution in [-0.2, 0) is 23.7 Å². The molecular weight excluding hydrogens is 426 g/mol. The Morgan fingerprint density at radius 1 is 1.10 bits per heavy atom. The minimum atomic E-state index is -4.86. The Bertz CT molecular complexity index is 967. The number of carbonyl (C=O) groups excluding carboxylic acids is 1. The van der Waals surface area contributed by atoms with E-state index in [-0.39, 0.29) is 16.8 Å². The number of rotatable bonds is 6. The molecule has 10 heteroatoms. The van der Waals surface area contributed by atoms with Crippen LogP contribution in [0, 0.1) is 6.92 Å². The van der Waals surface area contributed by atoms with E-state index in [0.717, 1.165) is 24.3 Å². The molecule has 4 nitrogen and oxygen atoms in total. The van der Waals surface area contributed by atoms with E-state index in [1.807, 2.05) is 6.92 Å². The quantitative estimate of drug-likeness (QED) is 0.237. The number of alkyl halides is 6. The van der Waals surface area contributed by atoms with Crippen molar-refractivity contribution in [3.05, 3.63) is 64.2 Å². The van der Waals surface area contributed by atoms with Gasteiger partial charge in [0.1, 0.15) is 6.61 Å². The monoisotopic (exact) mass is 446 g/mol. The maximum absolute atomic E-state index is 13.7. The molecule has 0 aliphatic heterocycles. The molecule has 0 radical (unpaired) electrons. The van der Waals surface area contributed by atoms with Crippen LogP contribution in [0.15, 0.2) is 41.4 Å². The van der Waals surface area contributed by atoms with Gasteiger partial charge in [0, 0.05) is 13.6 Å². The fraction of sp³-hybridized carbons (Fsp3) is 0.333. The number of carbonyl (C=O) groups is 1. The Hall–Kier alpha value is -3.04. The van der Waals surface area contributed by atoms with E-state index in [1.54, 1.807) is 11.9 Å². The van der Waals surface area contributed by atoms with Gasteiger partial charge in [0.2, 0.25) is 0 Å². The molecule has 2 rings (SSSR count). The lowest BCUT2D eigenvalue weighted by molar-refractivity contribution is -0.139. The van der Waals surface area contributed by atoms with Crippen molar-refractivity contribution in [1.29, 1.82) is 0 Å². The normalized spacial score (nSPS) is 12.3. The Morgan fingerprint density at radius 3 is 2.35 bits per heavy atom. The standard InChI is InChI=1S/C21H20F6N2O2/c1-4-29(3)12-28-17-9-8-16(18(13(17)2)21(25,26)27)19(30)31-11-14-6-5-7-15(10-14)20(22,23)24/h5-10,12H,4,11H2,1-3H3/b28-12+. The Balaban J connectivity index is 2.32. The van der Waals surface area contributed by atoms with Gasteiger partial charge in [0.05, 0.1) is 28.7 Å². The van der Waals surface area contributed by atoms with Crippen LogP contribution in [0.1, 0.15) is 39.5 Å². The molecule has 0 unspecified atom stereocenters. The van der Waals surface area contributed by atoms with Crippen LogP contribution in [0.3, 0.4) is 0 Å². The van der Waals surface area contributed by atoms with E-state index in [0.29, 0.717) is 6.54 Å². The maximum Gasteiger partial charge on any atom is 0.417 e. The van der Waals surface area contributed by atoms with Crippen LogP contribution in [0.2, 0.25) is 0 Å². The van der Waals surface area contributed by atoms with Crippen LogP contribution in [0.5, 0.6) is 0 Å². The lowest BCUT2D eigenvalue weighted by Crippen LogP contribution is -2.17. The van der Waals surface area contributed by atoms with Gasteiger partial charge < -0.3 is 9.64 Å². The summed E-state index contributed by atoms with van der Waals surface area (Å²) in [7, 11) is 1.70. The van der Waals surface area contributed by atoms with Crippen molar-refractivity contribution >= 4 is 18.0 Å². The SMILES string of the molecule is CCN(C)/C=N/c1ccc(C(=O)OCc2cccc(C(F)(F)F)c2)c(C(F)(F)F)c1C. The van der Waals surface area contributed by atoms with Crippen LogP contribution in [0.4, 0.5) is 32.0 Å². The van der Waals surface area contributed by atoms with Gasteiger partial charge in [-0.2, -0.15) is 26.3 Å². The highest BCUT2D eigenvalue weighted by atomic mass is 19.4. The molecule has 168 valence electrons. The maximum atomic E-state index is 13.7. The van der Waals surface area contributed by atoms with Crippen molar-refractivity contribution in [3.63, 3.8) is 0 Å². The fourth-order valence-electron chi connectivity index (χ4n) is 2.68. The first-order valence-electron chi connectivity index (χ1n) is 9.13. The molecule has 0 aromatic heterocycles. The van der Waals surface area contributed by atoms with Gasteiger partial charge in [-0.3, -0.25) is 0 Å². The van der Waals surface area contributed by atoms with Gasteiger partial charge in [-0.1, -0.05) is 12.1 Å². The average molecular weight is 446 g/mol. The number of halogens is 6. The zero-order valence-electron chi connectivity index (χ0n) is 16.9. The number of nitrogens with zero attached hydrogens (tertiary/aromatic N) is 2. The number of ether oxygens (including phenoxy) is 1. The van der Waals surface area contributed by atoms with Gasteiger partial charge in [-0.25, -0.2) is 9.79 Å². The molecule has 0 bridgehead atoms.